The van der Waals surface area contributed by atoms with E-state index in [0.717, 1.165) is 6.42 Å². The Kier molecular flexibility index (Phi) is 4.42. The lowest BCUT2D eigenvalue weighted by Crippen LogP contribution is -2.57. The Labute approximate surface area is 101 Å². The van der Waals surface area contributed by atoms with Crippen LogP contribution in [0.2, 0.25) is 0 Å². The number of aliphatic hydroxyl groups is 1. The first kappa shape index (κ1) is 14.0. The average Bonchev–Trinajstić information content (AvgIpc) is 2.26. The Morgan fingerprint density at radius 1 is 1.19 bits per heavy atom. The van der Waals surface area contributed by atoms with Crippen molar-refractivity contribution in [3.8, 4) is 0 Å². The smallest absolute Gasteiger partial charge is 0.0847 e. The molecule has 0 heterocycles. The number of hydrogen-bond acceptors (Lipinski definition) is 2. The zero-order chi connectivity index (χ0) is 12.4. The van der Waals surface area contributed by atoms with Crippen molar-refractivity contribution in [2.75, 3.05) is 6.54 Å². The van der Waals surface area contributed by atoms with Crippen LogP contribution in [0.4, 0.5) is 0 Å². The van der Waals surface area contributed by atoms with E-state index in [2.05, 4.69) is 27.7 Å². The van der Waals surface area contributed by atoms with E-state index in [9.17, 15) is 5.11 Å². The van der Waals surface area contributed by atoms with Crippen LogP contribution in [0.3, 0.4) is 0 Å². The van der Waals surface area contributed by atoms with Crippen molar-refractivity contribution in [3.63, 3.8) is 0 Å². The molecule has 1 rings (SSSR count). The SMILES string of the molecule is CCC1CCCCC1C(O)(CN)C(C)(C)C. The summed E-state index contributed by atoms with van der Waals surface area (Å²) in [5.41, 5.74) is 5.06. The van der Waals surface area contributed by atoms with Gasteiger partial charge < -0.3 is 10.8 Å². The maximum atomic E-state index is 11.0. The first-order valence-electron chi connectivity index (χ1n) is 6.79. The summed E-state index contributed by atoms with van der Waals surface area (Å²) in [7, 11) is 0. The Morgan fingerprint density at radius 3 is 2.19 bits per heavy atom. The summed E-state index contributed by atoms with van der Waals surface area (Å²) in [6.45, 7) is 8.96. The van der Waals surface area contributed by atoms with Gasteiger partial charge in [-0.25, -0.2) is 0 Å². The first-order valence-corrected chi connectivity index (χ1v) is 6.79. The minimum absolute atomic E-state index is 0.128. The number of rotatable bonds is 3. The third kappa shape index (κ3) is 2.43. The minimum atomic E-state index is -0.700. The highest BCUT2D eigenvalue weighted by molar-refractivity contribution is 5.00. The fourth-order valence-electron chi connectivity index (χ4n) is 3.34. The van der Waals surface area contributed by atoms with E-state index in [1.165, 1.54) is 25.7 Å². The number of hydrogen-bond donors (Lipinski definition) is 2. The van der Waals surface area contributed by atoms with Gasteiger partial charge in [-0.15, -0.1) is 0 Å². The van der Waals surface area contributed by atoms with E-state index in [0.29, 0.717) is 18.4 Å². The van der Waals surface area contributed by atoms with Gasteiger partial charge in [0.15, 0.2) is 0 Å². The van der Waals surface area contributed by atoms with Gasteiger partial charge in [-0.3, -0.25) is 0 Å². The van der Waals surface area contributed by atoms with Gasteiger partial charge in [-0.1, -0.05) is 53.4 Å². The van der Waals surface area contributed by atoms with Gasteiger partial charge in [-0.05, 0) is 23.7 Å². The van der Waals surface area contributed by atoms with Gasteiger partial charge in [0.25, 0.3) is 0 Å². The molecule has 3 atom stereocenters. The Hall–Kier alpha value is -0.0800. The average molecular weight is 227 g/mol. The Morgan fingerprint density at radius 2 is 1.75 bits per heavy atom. The normalized spacial score (nSPS) is 31.1. The second-order valence-corrected chi connectivity index (χ2v) is 6.44. The van der Waals surface area contributed by atoms with Crippen molar-refractivity contribution in [1.29, 1.82) is 0 Å². The molecule has 1 aliphatic rings. The monoisotopic (exact) mass is 227 g/mol. The zero-order valence-corrected chi connectivity index (χ0v) is 11.4. The molecular formula is C14H29NO. The number of nitrogens with two attached hydrogens (primary N) is 1. The first-order chi connectivity index (χ1) is 7.36. The van der Waals surface area contributed by atoms with Gasteiger partial charge in [0, 0.05) is 6.54 Å². The highest BCUT2D eigenvalue weighted by Gasteiger charge is 2.48. The molecular weight excluding hydrogens is 198 g/mol. The summed E-state index contributed by atoms with van der Waals surface area (Å²) in [6, 6.07) is 0. The summed E-state index contributed by atoms with van der Waals surface area (Å²) in [5.74, 6) is 1.04. The second kappa shape index (κ2) is 5.05. The molecule has 0 aromatic heterocycles. The van der Waals surface area contributed by atoms with Crippen LogP contribution in [-0.2, 0) is 0 Å². The molecule has 0 aromatic carbocycles. The third-order valence-corrected chi connectivity index (χ3v) is 4.66. The van der Waals surface area contributed by atoms with Crippen molar-refractivity contribution in [3.05, 3.63) is 0 Å². The standard InChI is InChI=1S/C14H29NO/c1-5-11-8-6-7-9-12(11)14(16,10-15)13(2,3)4/h11-12,16H,5-10,15H2,1-4H3. The fraction of sp³-hybridized carbons (Fsp3) is 1.00. The van der Waals surface area contributed by atoms with Crippen LogP contribution in [0.25, 0.3) is 0 Å². The van der Waals surface area contributed by atoms with E-state index in [-0.39, 0.29) is 5.41 Å². The molecule has 0 bridgehead atoms. The summed E-state index contributed by atoms with van der Waals surface area (Å²) >= 11 is 0. The van der Waals surface area contributed by atoms with E-state index in [4.69, 9.17) is 5.73 Å². The zero-order valence-electron chi connectivity index (χ0n) is 11.4. The third-order valence-electron chi connectivity index (χ3n) is 4.66. The van der Waals surface area contributed by atoms with Crippen LogP contribution in [-0.4, -0.2) is 17.3 Å². The lowest BCUT2D eigenvalue weighted by molar-refractivity contribution is -0.124. The molecule has 1 saturated carbocycles. The van der Waals surface area contributed by atoms with Crippen molar-refractivity contribution in [2.45, 2.75) is 65.4 Å². The summed E-state index contributed by atoms with van der Waals surface area (Å²) in [6.07, 6.45) is 6.14. The molecule has 16 heavy (non-hydrogen) atoms. The van der Waals surface area contributed by atoms with Crippen LogP contribution >= 0.6 is 0 Å². The maximum Gasteiger partial charge on any atom is 0.0847 e. The molecule has 3 N–H and O–H groups in total. The van der Waals surface area contributed by atoms with Crippen LogP contribution in [0.1, 0.15) is 59.8 Å². The molecule has 0 aliphatic heterocycles. The van der Waals surface area contributed by atoms with Gasteiger partial charge >= 0.3 is 0 Å². The van der Waals surface area contributed by atoms with Gasteiger partial charge in [0.2, 0.25) is 0 Å². The predicted molar refractivity (Wildman–Crippen MR) is 69.2 cm³/mol. The van der Waals surface area contributed by atoms with Crippen LogP contribution in [0, 0.1) is 17.3 Å². The molecule has 0 aromatic rings. The molecule has 96 valence electrons. The van der Waals surface area contributed by atoms with Gasteiger partial charge in [0.1, 0.15) is 0 Å². The second-order valence-electron chi connectivity index (χ2n) is 6.44. The summed E-state index contributed by atoms with van der Waals surface area (Å²) < 4.78 is 0. The van der Waals surface area contributed by atoms with E-state index in [1.54, 1.807) is 0 Å². The lowest BCUT2D eigenvalue weighted by atomic mass is 9.60. The van der Waals surface area contributed by atoms with E-state index in [1.807, 2.05) is 0 Å². The highest BCUT2D eigenvalue weighted by Crippen LogP contribution is 2.46. The minimum Gasteiger partial charge on any atom is -0.388 e. The van der Waals surface area contributed by atoms with Crippen molar-refractivity contribution >= 4 is 0 Å². The molecule has 2 nitrogen and oxygen atoms in total. The molecule has 1 fully saturated rings. The van der Waals surface area contributed by atoms with Crippen LogP contribution < -0.4 is 5.73 Å². The Bertz CT molecular complexity index is 221. The van der Waals surface area contributed by atoms with Crippen molar-refractivity contribution in [1.82, 2.24) is 0 Å². The molecule has 2 heteroatoms. The maximum absolute atomic E-state index is 11.0. The molecule has 3 unspecified atom stereocenters. The lowest BCUT2D eigenvalue weighted by Gasteiger charge is -2.50. The van der Waals surface area contributed by atoms with Gasteiger partial charge in [-0.2, -0.15) is 0 Å². The predicted octanol–water partition coefficient (Wildman–Crippen LogP) is 2.94. The fourth-order valence-corrected chi connectivity index (χ4v) is 3.34. The van der Waals surface area contributed by atoms with Gasteiger partial charge in [0.05, 0.1) is 5.60 Å². The highest BCUT2D eigenvalue weighted by atomic mass is 16.3. The summed E-state index contributed by atoms with van der Waals surface area (Å²) in [4.78, 5) is 0. The molecule has 0 radical (unpaired) electrons. The quantitative estimate of drug-likeness (QED) is 0.778. The van der Waals surface area contributed by atoms with E-state index < -0.39 is 5.60 Å². The van der Waals surface area contributed by atoms with Crippen LogP contribution in [0.5, 0.6) is 0 Å². The van der Waals surface area contributed by atoms with E-state index >= 15 is 0 Å². The van der Waals surface area contributed by atoms with Crippen molar-refractivity contribution in [2.24, 2.45) is 23.0 Å². The largest absolute Gasteiger partial charge is 0.388 e. The Balaban J connectivity index is 2.93. The topological polar surface area (TPSA) is 46.2 Å². The van der Waals surface area contributed by atoms with Crippen LogP contribution in [0.15, 0.2) is 0 Å². The molecule has 1 aliphatic carbocycles. The molecule has 0 amide bonds. The van der Waals surface area contributed by atoms with Crippen molar-refractivity contribution < 1.29 is 5.11 Å². The summed E-state index contributed by atoms with van der Waals surface area (Å²) in [5, 5.41) is 11.0. The molecule has 0 spiro atoms. The molecule has 0 saturated heterocycles.